The van der Waals surface area contributed by atoms with Gasteiger partial charge in [0.2, 0.25) is 0 Å². The van der Waals surface area contributed by atoms with E-state index in [2.05, 4.69) is 37.4 Å². The van der Waals surface area contributed by atoms with Crippen LogP contribution in [0.15, 0.2) is 35.3 Å². The van der Waals surface area contributed by atoms with Crippen molar-refractivity contribution in [3.8, 4) is 0 Å². The van der Waals surface area contributed by atoms with Crippen molar-refractivity contribution in [3.63, 3.8) is 0 Å². The van der Waals surface area contributed by atoms with Crippen molar-refractivity contribution in [3.05, 3.63) is 35.9 Å². The number of nitrogens with zero attached hydrogens (tertiary/aromatic N) is 2. The van der Waals surface area contributed by atoms with Gasteiger partial charge >= 0.3 is 6.09 Å². The molecule has 2 aliphatic rings. The van der Waals surface area contributed by atoms with E-state index in [1.54, 1.807) is 0 Å². The topological polar surface area (TPSA) is 41.9 Å². The van der Waals surface area contributed by atoms with E-state index in [0.29, 0.717) is 25.6 Å². The number of carbonyl (C=O) groups excluding carboxylic acids is 1. The monoisotopic (exact) mass is 346 g/mol. The molecule has 0 aliphatic carbocycles. The molecule has 5 heteroatoms. The highest BCUT2D eigenvalue weighted by Crippen LogP contribution is 2.52. The summed E-state index contributed by atoms with van der Waals surface area (Å²) in [6.45, 7) is 8.24. The van der Waals surface area contributed by atoms with Gasteiger partial charge in [-0.25, -0.2) is 4.79 Å². The number of ether oxygens (including phenoxy) is 1. The Labute approximate surface area is 148 Å². The lowest BCUT2D eigenvalue weighted by Crippen LogP contribution is -2.44. The third-order valence-electron chi connectivity index (χ3n) is 4.64. The van der Waals surface area contributed by atoms with E-state index < -0.39 is 0 Å². The molecule has 0 radical (unpaired) electrons. The normalized spacial score (nSPS) is 25.4. The second-order valence-corrected chi connectivity index (χ2v) is 9.05. The second kappa shape index (κ2) is 6.79. The molecular formula is C19H26N2O2S. The summed E-state index contributed by atoms with van der Waals surface area (Å²) in [5.41, 5.74) is 1.29. The van der Waals surface area contributed by atoms with E-state index in [1.165, 1.54) is 5.56 Å². The first kappa shape index (κ1) is 17.3. The predicted octanol–water partition coefficient (Wildman–Crippen LogP) is 4.30. The minimum Gasteiger partial charge on any atom is -0.449 e. The smallest absolute Gasteiger partial charge is 0.409 e. The molecule has 4 nitrogen and oxygen atoms in total. The van der Waals surface area contributed by atoms with Gasteiger partial charge in [0.15, 0.2) is 0 Å². The van der Waals surface area contributed by atoms with E-state index in [4.69, 9.17) is 9.73 Å². The molecule has 2 heterocycles. The zero-order valence-electron chi connectivity index (χ0n) is 14.7. The van der Waals surface area contributed by atoms with Crippen molar-refractivity contribution in [1.82, 2.24) is 4.90 Å². The van der Waals surface area contributed by atoms with Crippen LogP contribution in [0.25, 0.3) is 0 Å². The Bertz CT molecular complexity index is 609. The van der Waals surface area contributed by atoms with Gasteiger partial charge in [0.25, 0.3) is 0 Å². The third-order valence-corrected chi connectivity index (χ3v) is 6.30. The summed E-state index contributed by atoms with van der Waals surface area (Å²) < 4.78 is 5.26. The van der Waals surface area contributed by atoms with Crippen molar-refractivity contribution in [1.29, 1.82) is 0 Å². The molecular weight excluding hydrogens is 320 g/mol. The van der Waals surface area contributed by atoms with Gasteiger partial charge in [-0.05, 0) is 31.2 Å². The maximum Gasteiger partial charge on any atom is 0.409 e. The largest absolute Gasteiger partial charge is 0.449 e. The van der Waals surface area contributed by atoms with E-state index in [-0.39, 0.29) is 15.7 Å². The quantitative estimate of drug-likeness (QED) is 0.819. The molecule has 1 saturated heterocycles. The molecule has 1 fully saturated rings. The standard InChI is InChI=1S/C19H26N2O2S/c1-15(2)13-23-17(22)21-11-9-19(10-12-21)20-14-18(3,24-19)16-7-5-4-6-8-16/h4-8,14-15H,9-13H2,1-3H3. The van der Waals surface area contributed by atoms with Crippen LogP contribution in [0.2, 0.25) is 0 Å². The molecule has 3 rings (SSSR count). The fourth-order valence-electron chi connectivity index (χ4n) is 3.19. The molecule has 0 N–H and O–H groups in total. The van der Waals surface area contributed by atoms with Crippen LogP contribution >= 0.6 is 11.8 Å². The van der Waals surface area contributed by atoms with Gasteiger partial charge in [-0.15, -0.1) is 11.8 Å². The van der Waals surface area contributed by atoms with Crippen LogP contribution in [0.4, 0.5) is 4.79 Å². The van der Waals surface area contributed by atoms with E-state index in [1.807, 2.05) is 36.6 Å². The molecule has 1 unspecified atom stereocenters. The number of hydrogen-bond acceptors (Lipinski definition) is 4. The zero-order chi connectivity index (χ0) is 17.2. The molecule has 24 heavy (non-hydrogen) atoms. The molecule has 1 aromatic rings. The number of benzene rings is 1. The molecule has 1 aromatic carbocycles. The van der Waals surface area contributed by atoms with Crippen molar-refractivity contribution < 1.29 is 9.53 Å². The molecule has 0 bridgehead atoms. The van der Waals surface area contributed by atoms with Gasteiger partial charge in [0.05, 0.1) is 11.4 Å². The van der Waals surface area contributed by atoms with Crippen LogP contribution in [0.1, 0.15) is 39.2 Å². The molecule has 1 amide bonds. The Hall–Kier alpha value is -1.49. The lowest BCUT2D eigenvalue weighted by Gasteiger charge is -2.38. The maximum atomic E-state index is 12.1. The minimum absolute atomic E-state index is 0.0818. The molecule has 0 aromatic heterocycles. The zero-order valence-corrected chi connectivity index (χ0v) is 15.5. The van der Waals surface area contributed by atoms with Crippen molar-refractivity contribution >= 4 is 24.1 Å². The number of rotatable bonds is 3. The average Bonchev–Trinajstić information content (AvgIpc) is 2.92. The Morgan fingerprint density at radius 1 is 1.29 bits per heavy atom. The van der Waals surface area contributed by atoms with Crippen LogP contribution < -0.4 is 0 Å². The van der Waals surface area contributed by atoms with Gasteiger partial charge in [-0.2, -0.15) is 0 Å². The second-order valence-electron chi connectivity index (χ2n) is 7.24. The van der Waals surface area contributed by atoms with Crippen LogP contribution in [0.5, 0.6) is 0 Å². The van der Waals surface area contributed by atoms with Gasteiger partial charge in [-0.3, -0.25) is 4.99 Å². The number of amides is 1. The summed E-state index contributed by atoms with van der Waals surface area (Å²) >= 11 is 1.92. The van der Waals surface area contributed by atoms with Crippen molar-refractivity contribution in [2.45, 2.75) is 43.2 Å². The number of thioether (sulfide) groups is 1. The number of piperidine rings is 1. The highest BCUT2D eigenvalue weighted by molar-refractivity contribution is 8.02. The first-order valence-electron chi connectivity index (χ1n) is 8.66. The Balaban J connectivity index is 1.59. The van der Waals surface area contributed by atoms with E-state index >= 15 is 0 Å². The lowest BCUT2D eigenvalue weighted by molar-refractivity contribution is 0.0823. The Morgan fingerprint density at radius 2 is 1.96 bits per heavy atom. The van der Waals surface area contributed by atoms with Gasteiger partial charge in [-0.1, -0.05) is 44.2 Å². The molecule has 0 saturated carbocycles. The summed E-state index contributed by atoms with van der Waals surface area (Å²) in [5, 5.41) is 0. The fraction of sp³-hybridized carbons (Fsp3) is 0.579. The number of hydrogen-bond donors (Lipinski definition) is 0. The van der Waals surface area contributed by atoms with Gasteiger partial charge in [0.1, 0.15) is 4.87 Å². The SMILES string of the molecule is CC(C)COC(=O)N1CCC2(CC1)N=CC(C)(c1ccccc1)S2. The fourth-order valence-corrected chi connectivity index (χ4v) is 4.83. The van der Waals surface area contributed by atoms with Crippen LogP contribution in [-0.2, 0) is 9.48 Å². The summed E-state index contributed by atoms with van der Waals surface area (Å²) in [4.78, 5) is 18.7. The van der Waals surface area contributed by atoms with Crippen molar-refractivity contribution in [2.75, 3.05) is 19.7 Å². The van der Waals surface area contributed by atoms with Crippen LogP contribution in [-0.4, -0.2) is 41.8 Å². The van der Waals surface area contributed by atoms with Gasteiger partial charge < -0.3 is 9.64 Å². The molecule has 1 atom stereocenters. The average molecular weight is 346 g/mol. The summed E-state index contributed by atoms with van der Waals surface area (Å²) in [5.74, 6) is 0.367. The Morgan fingerprint density at radius 3 is 2.58 bits per heavy atom. The first-order valence-corrected chi connectivity index (χ1v) is 9.48. The molecule has 2 aliphatic heterocycles. The van der Waals surface area contributed by atoms with E-state index in [9.17, 15) is 4.79 Å². The van der Waals surface area contributed by atoms with Crippen LogP contribution in [0.3, 0.4) is 0 Å². The van der Waals surface area contributed by atoms with Crippen LogP contribution in [0, 0.1) is 5.92 Å². The number of likely N-dealkylation sites (tertiary alicyclic amines) is 1. The summed E-state index contributed by atoms with van der Waals surface area (Å²) in [6, 6.07) is 10.5. The molecule has 130 valence electrons. The first-order chi connectivity index (χ1) is 11.4. The van der Waals surface area contributed by atoms with Crippen molar-refractivity contribution in [2.24, 2.45) is 10.9 Å². The third kappa shape index (κ3) is 3.61. The highest BCUT2D eigenvalue weighted by Gasteiger charge is 2.46. The van der Waals surface area contributed by atoms with E-state index in [0.717, 1.165) is 12.8 Å². The Kier molecular flexibility index (Phi) is 4.90. The maximum absolute atomic E-state index is 12.1. The highest BCUT2D eigenvalue weighted by atomic mass is 32.2. The molecule has 1 spiro atoms. The lowest BCUT2D eigenvalue weighted by atomic mass is 10.0. The number of aliphatic imine (C=N–C) groups is 1. The predicted molar refractivity (Wildman–Crippen MR) is 99.6 cm³/mol. The summed E-state index contributed by atoms with van der Waals surface area (Å²) in [6.07, 6.45) is 3.68. The minimum atomic E-state index is -0.184. The van der Waals surface area contributed by atoms with Gasteiger partial charge in [0, 0.05) is 19.3 Å². The number of carbonyl (C=O) groups is 1. The summed E-state index contributed by atoms with van der Waals surface area (Å²) in [7, 11) is 0.